The van der Waals surface area contributed by atoms with E-state index in [0.29, 0.717) is 0 Å². The fraction of sp³-hybridized carbons (Fsp3) is 0.500. The van der Waals surface area contributed by atoms with Crippen molar-refractivity contribution >= 4 is 35.3 Å². The Morgan fingerprint density at radius 3 is 0.645 bits per heavy atom. The Kier molecular flexibility index (Phi) is 16.5. The number of hydrogen-bond acceptors (Lipinski definition) is 9. The number of carboxylic acids is 3. The monoisotopic (exact) mass is 521 g/mol. The number of rotatable bonds is 9. The molecule has 0 aliphatic heterocycles. The van der Waals surface area contributed by atoms with Crippen molar-refractivity contribution in [1.82, 2.24) is 0 Å². The van der Waals surface area contributed by atoms with E-state index >= 15 is 0 Å². The van der Waals surface area contributed by atoms with Crippen molar-refractivity contribution < 1.29 is 101 Å². The first kappa shape index (κ1) is 35.7. The Hall–Kier alpha value is -2.69. The number of Topliss-reactive ketones (excluding diaryl/α,β-unsaturated/α-hetero) is 3. The third kappa shape index (κ3) is 11.3. The van der Waals surface area contributed by atoms with E-state index in [1.54, 1.807) is 0 Å². The van der Waals surface area contributed by atoms with Gasteiger partial charge in [-0.2, -0.15) is 26.3 Å². The number of carbonyl (C=O) groups excluding carboxylic acids is 6. The molecule has 0 aromatic rings. The average Bonchev–Trinajstić information content (AvgIpc) is 2.66. The molecule has 0 spiro atoms. The van der Waals surface area contributed by atoms with E-state index in [2.05, 4.69) is 0 Å². The molecule has 31 heavy (non-hydrogen) atoms. The van der Waals surface area contributed by atoms with Gasteiger partial charge in [0.05, 0.1) is 0 Å². The fourth-order valence-corrected chi connectivity index (χ4v) is 0.593. The van der Waals surface area contributed by atoms with Crippen LogP contribution in [0.25, 0.3) is 0 Å². The summed E-state index contributed by atoms with van der Waals surface area (Å²) < 4.78 is 103. The van der Waals surface area contributed by atoms with Crippen molar-refractivity contribution in [2.75, 3.05) is 20.0 Å². The van der Waals surface area contributed by atoms with Gasteiger partial charge in [0.15, 0.2) is 20.0 Å². The van der Waals surface area contributed by atoms with Crippen LogP contribution in [0.2, 0.25) is 0 Å². The third-order valence-corrected chi connectivity index (χ3v) is 2.18. The molecule has 0 N–H and O–H groups in total. The van der Waals surface area contributed by atoms with Crippen LogP contribution in [-0.4, -0.2) is 73.0 Å². The third-order valence-electron chi connectivity index (χ3n) is 2.18. The molecular weight excluding hydrogens is 515 g/mol. The Morgan fingerprint density at radius 1 is 0.484 bits per heavy atom. The number of ketones is 3. The molecule has 19 heteroatoms. The van der Waals surface area contributed by atoms with Gasteiger partial charge in [-0.3, -0.25) is 14.4 Å². The van der Waals surface area contributed by atoms with Crippen LogP contribution in [0.15, 0.2) is 0 Å². The maximum atomic E-state index is 11.7. The van der Waals surface area contributed by atoms with Crippen molar-refractivity contribution in [2.45, 2.75) is 17.8 Å². The van der Waals surface area contributed by atoms with Crippen LogP contribution >= 0.6 is 0 Å². The molecular formula is C12H6F9FeO9. The van der Waals surface area contributed by atoms with Crippen LogP contribution in [0.4, 0.5) is 39.5 Å². The second kappa shape index (κ2) is 14.3. The first-order chi connectivity index (χ1) is 13.3. The molecule has 9 nitrogen and oxygen atoms in total. The number of halogens is 9. The van der Waals surface area contributed by atoms with Gasteiger partial charge in [-0.1, -0.05) is 0 Å². The number of carboxylic acid groups (broad SMARTS) is 3. The van der Waals surface area contributed by atoms with Gasteiger partial charge in [-0.05, 0) is 0 Å². The topological polar surface area (TPSA) is 172 Å². The molecule has 0 atom stereocenters. The standard InChI is InChI=1S/3C4H3F3O3.Fe/c3*5-1-2(8)4(6,7)3(9)10;/h3*1H2,(H,9,10);/q;;;+3/p-3. The molecule has 0 fully saturated rings. The molecule has 179 valence electrons. The molecule has 0 aromatic carbocycles. The van der Waals surface area contributed by atoms with Gasteiger partial charge in [-0.15, -0.1) is 0 Å². The van der Waals surface area contributed by atoms with Gasteiger partial charge in [0.1, 0.15) is 17.9 Å². The van der Waals surface area contributed by atoms with E-state index < -0.39 is 73.0 Å². The van der Waals surface area contributed by atoms with Crippen LogP contribution in [0.5, 0.6) is 0 Å². The molecule has 0 unspecified atom stereocenters. The Bertz CT molecular complexity index is 592. The minimum Gasteiger partial charge on any atom is -0.544 e. The van der Waals surface area contributed by atoms with Gasteiger partial charge < -0.3 is 29.7 Å². The summed E-state index contributed by atoms with van der Waals surface area (Å²) in [7, 11) is 0. The van der Waals surface area contributed by atoms with Crippen LogP contribution in [-0.2, 0) is 45.8 Å². The van der Waals surface area contributed by atoms with Crippen molar-refractivity contribution in [3.63, 3.8) is 0 Å². The largest absolute Gasteiger partial charge is 3.00 e. The first-order valence-electron chi connectivity index (χ1n) is 6.33. The number of aliphatic carboxylic acids is 3. The molecule has 1 radical (unpaired) electrons. The summed E-state index contributed by atoms with van der Waals surface area (Å²) in [5, 5.41) is 28.1. The number of hydrogen-bond donors (Lipinski definition) is 0. The summed E-state index contributed by atoms with van der Waals surface area (Å²) in [6.07, 6.45) is 0. The van der Waals surface area contributed by atoms with E-state index in [4.69, 9.17) is 0 Å². The predicted molar refractivity (Wildman–Crippen MR) is 62.8 cm³/mol. The summed E-state index contributed by atoms with van der Waals surface area (Å²) in [6, 6.07) is 0. The van der Waals surface area contributed by atoms with E-state index in [9.17, 15) is 83.6 Å². The summed E-state index contributed by atoms with van der Waals surface area (Å²) in [4.78, 5) is 57.3. The maximum Gasteiger partial charge on any atom is 3.00 e. The van der Waals surface area contributed by atoms with E-state index in [1.165, 1.54) is 0 Å². The number of carbonyl (C=O) groups is 6. The van der Waals surface area contributed by atoms with Crippen LogP contribution in [0, 0.1) is 0 Å². The van der Waals surface area contributed by atoms with Gasteiger partial charge in [0.25, 0.3) is 0 Å². The number of alkyl halides is 9. The Balaban J connectivity index is -0.000000174. The molecule has 0 bridgehead atoms. The predicted octanol–water partition coefficient (Wildman–Crippen LogP) is -3.27. The smallest absolute Gasteiger partial charge is 0.544 e. The van der Waals surface area contributed by atoms with Crippen molar-refractivity contribution in [2.24, 2.45) is 0 Å². The Labute approximate surface area is 174 Å². The summed E-state index contributed by atoms with van der Waals surface area (Å²) in [5.74, 6) is -29.6. The van der Waals surface area contributed by atoms with Gasteiger partial charge in [0.2, 0.25) is 17.3 Å². The fourth-order valence-electron chi connectivity index (χ4n) is 0.593. The second-order valence-corrected chi connectivity index (χ2v) is 4.26. The maximum absolute atomic E-state index is 11.7. The second-order valence-electron chi connectivity index (χ2n) is 4.26. The zero-order valence-corrected chi connectivity index (χ0v) is 15.2. The first-order valence-corrected chi connectivity index (χ1v) is 6.33. The zero-order valence-electron chi connectivity index (χ0n) is 14.1. The molecule has 0 saturated heterocycles. The average molecular weight is 521 g/mol. The van der Waals surface area contributed by atoms with Gasteiger partial charge in [-0.25, -0.2) is 13.2 Å². The summed E-state index contributed by atoms with van der Waals surface area (Å²) >= 11 is 0. The van der Waals surface area contributed by atoms with E-state index in [0.717, 1.165) is 0 Å². The van der Waals surface area contributed by atoms with Gasteiger partial charge >= 0.3 is 34.8 Å². The Morgan fingerprint density at radius 2 is 0.613 bits per heavy atom. The van der Waals surface area contributed by atoms with Crippen molar-refractivity contribution in [3.8, 4) is 0 Å². The molecule has 0 saturated carbocycles. The van der Waals surface area contributed by atoms with Crippen molar-refractivity contribution in [3.05, 3.63) is 0 Å². The van der Waals surface area contributed by atoms with Gasteiger partial charge in [0, 0.05) is 0 Å². The quantitative estimate of drug-likeness (QED) is 0.172. The van der Waals surface area contributed by atoms with E-state index in [1.807, 2.05) is 0 Å². The molecule has 0 aromatic heterocycles. The van der Waals surface area contributed by atoms with Crippen LogP contribution < -0.4 is 15.3 Å². The minimum absolute atomic E-state index is 0. The summed E-state index contributed by atoms with van der Waals surface area (Å²) in [6.45, 7) is -6.04. The normalized spacial score (nSPS) is 10.7. The summed E-state index contributed by atoms with van der Waals surface area (Å²) in [5.41, 5.74) is 0. The molecule has 0 aliphatic carbocycles. The van der Waals surface area contributed by atoms with Crippen LogP contribution in [0.1, 0.15) is 0 Å². The zero-order chi connectivity index (χ0) is 25.1. The molecule has 0 aliphatic rings. The van der Waals surface area contributed by atoms with Crippen LogP contribution in [0.3, 0.4) is 0 Å². The van der Waals surface area contributed by atoms with Crippen molar-refractivity contribution in [1.29, 1.82) is 0 Å². The molecule has 0 heterocycles. The molecule has 0 amide bonds. The SMILES string of the molecule is O=C([O-])C(F)(F)C(=O)CF.O=C([O-])C(F)(F)C(=O)CF.O=C([O-])C(F)(F)C(=O)CF.[Fe+3]. The molecule has 0 rings (SSSR count). The van der Waals surface area contributed by atoms with E-state index in [-0.39, 0.29) is 17.1 Å². The minimum atomic E-state index is -4.70.